The van der Waals surface area contributed by atoms with E-state index in [2.05, 4.69) is 46.9 Å². The molecule has 1 aliphatic heterocycles. The maximum absolute atomic E-state index is 4.68. The van der Waals surface area contributed by atoms with Crippen LogP contribution in [0.25, 0.3) is 5.65 Å². The molecule has 24 heavy (non-hydrogen) atoms. The normalized spacial score (nSPS) is 17.3. The van der Waals surface area contributed by atoms with Gasteiger partial charge in [-0.2, -0.15) is 9.61 Å². The Bertz CT molecular complexity index is 827. The van der Waals surface area contributed by atoms with Gasteiger partial charge >= 0.3 is 0 Å². The van der Waals surface area contributed by atoms with E-state index in [4.69, 9.17) is 0 Å². The highest BCUT2D eigenvalue weighted by molar-refractivity contribution is 9.10. The van der Waals surface area contributed by atoms with Gasteiger partial charge in [-0.3, -0.25) is 4.98 Å². The van der Waals surface area contributed by atoms with Gasteiger partial charge in [0.15, 0.2) is 5.65 Å². The van der Waals surface area contributed by atoms with Crippen molar-refractivity contribution in [2.24, 2.45) is 0 Å². The molecule has 0 radical (unpaired) electrons. The molecular weight excluding hydrogens is 370 g/mol. The summed E-state index contributed by atoms with van der Waals surface area (Å²) >= 11 is 3.52. The smallest absolute Gasteiger partial charge is 0.173 e. The van der Waals surface area contributed by atoms with E-state index in [9.17, 15) is 0 Å². The number of anilines is 2. The second kappa shape index (κ2) is 6.74. The summed E-state index contributed by atoms with van der Waals surface area (Å²) in [4.78, 5) is 8.82. The van der Waals surface area contributed by atoms with Crippen molar-refractivity contribution in [3.05, 3.63) is 46.8 Å². The Balaban J connectivity index is 1.62. The van der Waals surface area contributed by atoms with Crippen LogP contribution in [0.15, 0.2) is 41.3 Å². The summed E-state index contributed by atoms with van der Waals surface area (Å²) in [6.45, 7) is 2.68. The average Bonchev–Trinajstić information content (AvgIpc) is 3.24. The predicted molar refractivity (Wildman–Crippen MR) is 97.1 cm³/mol. The molecule has 0 saturated carbocycles. The quantitative estimate of drug-likeness (QED) is 0.623. The lowest BCUT2D eigenvalue weighted by Gasteiger charge is -2.15. The summed E-state index contributed by atoms with van der Waals surface area (Å²) in [5, 5.41) is 14.7. The highest BCUT2D eigenvalue weighted by Gasteiger charge is 2.16. The first-order valence-electron chi connectivity index (χ1n) is 7.94. The molecule has 0 aromatic carbocycles. The number of fused-ring (bicyclic) bond motifs is 1. The van der Waals surface area contributed by atoms with Gasteiger partial charge in [0.05, 0.1) is 10.7 Å². The zero-order chi connectivity index (χ0) is 16.4. The Morgan fingerprint density at radius 1 is 1.38 bits per heavy atom. The summed E-state index contributed by atoms with van der Waals surface area (Å²) < 4.78 is 2.68. The largest absolute Gasteiger partial charge is 0.366 e. The van der Waals surface area contributed by atoms with Gasteiger partial charge in [-0.25, -0.2) is 4.98 Å². The molecule has 1 atom stereocenters. The molecule has 124 valence electrons. The first-order valence-corrected chi connectivity index (χ1v) is 8.73. The lowest BCUT2D eigenvalue weighted by Crippen LogP contribution is -2.23. The van der Waals surface area contributed by atoms with E-state index in [0.717, 1.165) is 46.8 Å². The van der Waals surface area contributed by atoms with Gasteiger partial charge in [-0.05, 0) is 40.5 Å². The van der Waals surface area contributed by atoms with E-state index >= 15 is 0 Å². The molecule has 4 heterocycles. The third-order valence-electron chi connectivity index (χ3n) is 4.04. The Hall–Kier alpha value is -2.19. The molecule has 0 amide bonds. The van der Waals surface area contributed by atoms with Crippen LogP contribution in [0.4, 0.5) is 11.6 Å². The summed E-state index contributed by atoms with van der Waals surface area (Å²) in [5.41, 5.74) is 1.91. The van der Waals surface area contributed by atoms with Crippen molar-refractivity contribution in [1.82, 2.24) is 24.9 Å². The number of nitrogens with zero attached hydrogens (tertiary/aromatic N) is 4. The van der Waals surface area contributed by atoms with Gasteiger partial charge in [-0.1, -0.05) is 6.07 Å². The van der Waals surface area contributed by atoms with E-state index < -0.39 is 0 Å². The van der Waals surface area contributed by atoms with Crippen molar-refractivity contribution in [2.75, 3.05) is 23.7 Å². The monoisotopic (exact) mass is 387 g/mol. The number of nitrogens with one attached hydrogen (secondary N) is 3. The number of pyridine rings is 1. The first kappa shape index (κ1) is 15.3. The number of hydrogen-bond donors (Lipinski definition) is 3. The van der Waals surface area contributed by atoms with E-state index in [-0.39, 0.29) is 0 Å². The molecular formula is C16H18BrN7. The van der Waals surface area contributed by atoms with Crippen LogP contribution in [0.5, 0.6) is 0 Å². The average molecular weight is 388 g/mol. The number of rotatable bonds is 5. The standard InChI is InChI=1S/C16H18BrN7/c17-13-10-21-24-15(20-8-11-2-1-4-18-7-11)6-14(23-16(13)24)22-12-3-5-19-9-12/h1-2,4,6-7,10,12,19-20H,3,5,8-9H2,(H,22,23)/t12-/m0/s1. The van der Waals surface area contributed by atoms with Crippen LogP contribution in [-0.4, -0.2) is 38.7 Å². The molecule has 8 heteroatoms. The first-order chi connectivity index (χ1) is 11.8. The summed E-state index contributed by atoms with van der Waals surface area (Å²) in [6, 6.07) is 6.39. The summed E-state index contributed by atoms with van der Waals surface area (Å²) in [6.07, 6.45) is 6.49. The fourth-order valence-corrected chi connectivity index (χ4v) is 3.17. The highest BCUT2D eigenvalue weighted by atomic mass is 79.9. The minimum Gasteiger partial charge on any atom is -0.366 e. The molecule has 1 aliphatic rings. The van der Waals surface area contributed by atoms with Crippen LogP contribution in [0.1, 0.15) is 12.0 Å². The number of hydrogen-bond acceptors (Lipinski definition) is 6. The third-order valence-corrected chi connectivity index (χ3v) is 4.60. The minimum atomic E-state index is 0.410. The fourth-order valence-electron chi connectivity index (χ4n) is 2.82. The number of aromatic nitrogens is 4. The molecule has 3 aromatic heterocycles. The van der Waals surface area contributed by atoms with Gasteiger partial charge in [0.2, 0.25) is 0 Å². The van der Waals surface area contributed by atoms with Gasteiger partial charge in [-0.15, -0.1) is 0 Å². The SMILES string of the molecule is Brc1cnn2c(NCc3cccnc3)cc(N[C@H]3CCNC3)nc12. The molecule has 7 nitrogen and oxygen atoms in total. The molecule has 1 fully saturated rings. The van der Waals surface area contributed by atoms with Crippen molar-refractivity contribution < 1.29 is 0 Å². The predicted octanol–water partition coefficient (Wildman–Crippen LogP) is 2.27. The third kappa shape index (κ3) is 3.20. The lowest BCUT2D eigenvalue weighted by molar-refractivity contribution is 0.786. The topological polar surface area (TPSA) is 79.2 Å². The maximum atomic E-state index is 4.68. The lowest BCUT2D eigenvalue weighted by atomic mass is 10.2. The van der Waals surface area contributed by atoms with Crippen molar-refractivity contribution in [3.63, 3.8) is 0 Å². The van der Waals surface area contributed by atoms with Crippen LogP contribution in [0.3, 0.4) is 0 Å². The minimum absolute atomic E-state index is 0.410. The van der Waals surface area contributed by atoms with E-state index in [1.165, 1.54) is 0 Å². The van der Waals surface area contributed by atoms with Crippen molar-refractivity contribution >= 4 is 33.2 Å². The Labute approximate surface area is 148 Å². The highest BCUT2D eigenvalue weighted by Crippen LogP contribution is 2.23. The van der Waals surface area contributed by atoms with E-state index in [0.29, 0.717) is 12.6 Å². The van der Waals surface area contributed by atoms with Crippen molar-refractivity contribution in [3.8, 4) is 0 Å². The van der Waals surface area contributed by atoms with Gasteiger partial charge in [0.1, 0.15) is 11.6 Å². The molecule has 3 aromatic rings. The fraction of sp³-hybridized carbons (Fsp3) is 0.312. The zero-order valence-electron chi connectivity index (χ0n) is 13.0. The van der Waals surface area contributed by atoms with Crippen LogP contribution in [0, 0.1) is 0 Å². The molecule has 3 N–H and O–H groups in total. The summed E-state index contributed by atoms with van der Waals surface area (Å²) in [5.74, 6) is 1.74. The van der Waals surface area contributed by atoms with Gasteiger partial charge in [0.25, 0.3) is 0 Å². The second-order valence-electron chi connectivity index (χ2n) is 5.80. The Morgan fingerprint density at radius 2 is 2.33 bits per heavy atom. The summed E-state index contributed by atoms with van der Waals surface area (Å²) in [7, 11) is 0. The Kier molecular flexibility index (Phi) is 4.31. The van der Waals surface area contributed by atoms with Crippen molar-refractivity contribution in [2.45, 2.75) is 19.0 Å². The van der Waals surface area contributed by atoms with Crippen LogP contribution < -0.4 is 16.0 Å². The van der Waals surface area contributed by atoms with Crippen molar-refractivity contribution in [1.29, 1.82) is 0 Å². The van der Waals surface area contributed by atoms with E-state index in [1.54, 1.807) is 16.9 Å². The second-order valence-corrected chi connectivity index (χ2v) is 6.66. The zero-order valence-corrected chi connectivity index (χ0v) is 14.6. The van der Waals surface area contributed by atoms with Crippen LogP contribution in [0.2, 0.25) is 0 Å². The molecule has 0 spiro atoms. The molecule has 0 aliphatic carbocycles. The molecule has 4 rings (SSSR count). The Morgan fingerprint density at radius 3 is 3.12 bits per heavy atom. The van der Waals surface area contributed by atoms with Gasteiger partial charge in [0, 0.05) is 37.6 Å². The molecule has 0 bridgehead atoms. The molecule has 1 saturated heterocycles. The maximum Gasteiger partial charge on any atom is 0.173 e. The molecule has 0 unspecified atom stereocenters. The van der Waals surface area contributed by atoms with Crippen LogP contribution in [-0.2, 0) is 6.54 Å². The van der Waals surface area contributed by atoms with Gasteiger partial charge < -0.3 is 16.0 Å². The van der Waals surface area contributed by atoms with E-state index in [1.807, 2.05) is 24.4 Å². The van der Waals surface area contributed by atoms with Crippen LogP contribution >= 0.6 is 15.9 Å². The number of halogens is 1.